The molecule has 0 amide bonds. The quantitative estimate of drug-likeness (QED) is 0.642. The molecule has 1 atom stereocenters. The summed E-state index contributed by atoms with van der Waals surface area (Å²) in [4.78, 5) is 10.4. The van der Waals surface area contributed by atoms with E-state index in [4.69, 9.17) is 4.74 Å². The fourth-order valence-electron chi connectivity index (χ4n) is 4.55. The Bertz CT molecular complexity index is 1280. The molecule has 34 heavy (non-hydrogen) atoms. The molecule has 1 aromatic carbocycles. The monoisotopic (exact) mass is 474 g/mol. The van der Waals surface area contributed by atoms with Gasteiger partial charge in [-0.1, -0.05) is 18.7 Å². The maximum atomic E-state index is 15.2. The minimum absolute atomic E-state index is 0.0517. The van der Waals surface area contributed by atoms with E-state index in [0.29, 0.717) is 23.3 Å². The van der Waals surface area contributed by atoms with Gasteiger partial charge in [0.1, 0.15) is 28.9 Å². The van der Waals surface area contributed by atoms with Gasteiger partial charge >= 0.3 is 5.92 Å². The van der Waals surface area contributed by atoms with Crippen molar-refractivity contribution in [2.75, 3.05) is 11.9 Å². The maximum absolute atomic E-state index is 15.2. The SMILES string of the molecule is C=C1C(F)=c2nc(C)nc(NCc3cccc(C(F)(F)C4CCCO4)c3F)c2=CN1C1(C)CC1. The van der Waals surface area contributed by atoms with Crippen LogP contribution in [0.15, 0.2) is 30.5 Å². The number of alkyl halides is 2. The van der Waals surface area contributed by atoms with Gasteiger partial charge in [0, 0.05) is 30.5 Å². The molecule has 3 aliphatic rings. The summed E-state index contributed by atoms with van der Waals surface area (Å²) in [6, 6.07) is 3.93. The van der Waals surface area contributed by atoms with Gasteiger partial charge in [-0.25, -0.2) is 18.7 Å². The molecular formula is C25H26F4N4O. The van der Waals surface area contributed by atoms with E-state index in [9.17, 15) is 8.78 Å². The van der Waals surface area contributed by atoms with Crippen molar-refractivity contribution in [3.05, 3.63) is 63.8 Å². The Morgan fingerprint density at radius 1 is 1.26 bits per heavy atom. The number of aromatic nitrogens is 2. The largest absolute Gasteiger partial charge is 0.372 e. The van der Waals surface area contributed by atoms with E-state index in [2.05, 4.69) is 21.9 Å². The van der Waals surface area contributed by atoms with Crippen LogP contribution in [0.1, 0.15) is 49.6 Å². The molecule has 0 radical (unpaired) electrons. The van der Waals surface area contributed by atoms with Crippen LogP contribution in [-0.2, 0) is 17.2 Å². The number of nitrogens with zero attached hydrogens (tertiary/aromatic N) is 3. The second-order valence-electron chi connectivity index (χ2n) is 9.40. The summed E-state index contributed by atoms with van der Waals surface area (Å²) in [6.45, 7) is 7.66. The predicted octanol–water partition coefficient (Wildman–Crippen LogP) is 4.00. The van der Waals surface area contributed by atoms with Crippen LogP contribution < -0.4 is 15.9 Å². The molecular weight excluding hydrogens is 448 g/mol. The van der Waals surface area contributed by atoms with Gasteiger partial charge in [-0.2, -0.15) is 8.78 Å². The molecule has 1 saturated carbocycles. The highest BCUT2D eigenvalue weighted by molar-refractivity contribution is 5.63. The molecule has 1 N–H and O–H groups in total. The normalized spacial score (nSPS) is 21.4. The van der Waals surface area contributed by atoms with Crippen LogP contribution in [0.5, 0.6) is 0 Å². The smallest absolute Gasteiger partial charge is 0.301 e. The van der Waals surface area contributed by atoms with Crippen molar-refractivity contribution in [2.45, 2.75) is 63.6 Å². The fraction of sp³-hybridized carbons (Fsp3) is 0.440. The van der Waals surface area contributed by atoms with Crippen molar-refractivity contribution in [1.82, 2.24) is 14.9 Å². The van der Waals surface area contributed by atoms with Crippen LogP contribution in [0.25, 0.3) is 12.0 Å². The Balaban J connectivity index is 1.49. The Morgan fingerprint density at radius 3 is 2.71 bits per heavy atom. The average Bonchev–Trinajstić information content (AvgIpc) is 3.30. The van der Waals surface area contributed by atoms with Crippen molar-refractivity contribution in [3.63, 3.8) is 0 Å². The topological polar surface area (TPSA) is 50.3 Å². The van der Waals surface area contributed by atoms with Gasteiger partial charge in [-0.3, -0.25) is 0 Å². The van der Waals surface area contributed by atoms with Gasteiger partial charge in [-0.15, -0.1) is 0 Å². The summed E-state index contributed by atoms with van der Waals surface area (Å²) in [5, 5.41) is 3.54. The summed E-state index contributed by atoms with van der Waals surface area (Å²) in [6.07, 6.45) is 2.93. The first-order valence-electron chi connectivity index (χ1n) is 11.4. The van der Waals surface area contributed by atoms with Crippen molar-refractivity contribution >= 4 is 17.8 Å². The van der Waals surface area contributed by atoms with E-state index in [0.717, 1.165) is 18.9 Å². The minimum Gasteiger partial charge on any atom is -0.372 e. The number of aryl methyl sites for hydroxylation is 1. The van der Waals surface area contributed by atoms with Crippen molar-refractivity contribution < 1.29 is 22.3 Å². The zero-order valence-corrected chi connectivity index (χ0v) is 19.1. The van der Waals surface area contributed by atoms with Crippen molar-refractivity contribution in [1.29, 1.82) is 0 Å². The molecule has 2 aliphatic heterocycles. The predicted molar refractivity (Wildman–Crippen MR) is 120 cm³/mol. The van der Waals surface area contributed by atoms with Gasteiger partial charge in [-0.05, 0) is 45.6 Å². The molecule has 0 bridgehead atoms. The lowest BCUT2D eigenvalue weighted by atomic mass is 9.98. The zero-order chi connectivity index (χ0) is 24.3. The van der Waals surface area contributed by atoms with E-state index in [1.54, 1.807) is 18.0 Å². The number of nitrogens with one attached hydrogen (secondary N) is 1. The molecule has 1 aromatic heterocycles. The van der Waals surface area contributed by atoms with Gasteiger partial charge in [0.05, 0.1) is 16.5 Å². The molecule has 2 fully saturated rings. The van der Waals surface area contributed by atoms with Crippen LogP contribution in [0.2, 0.25) is 0 Å². The second-order valence-corrected chi connectivity index (χ2v) is 9.40. The third-order valence-electron chi connectivity index (χ3n) is 6.84. The highest BCUT2D eigenvalue weighted by atomic mass is 19.3. The Morgan fingerprint density at radius 2 is 2.03 bits per heavy atom. The average molecular weight is 475 g/mol. The third kappa shape index (κ3) is 3.76. The molecule has 5 rings (SSSR count). The molecule has 1 saturated heterocycles. The van der Waals surface area contributed by atoms with Crippen molar-refractivity contribution in [2.24, 2.45) is 0 Å². The van der Waals surface area contributed by atoms with Crippen LogP contribution >= 0.6 is 0 Å². The fourth-order valence-corrected chi connectivity index (χ4v) is 4.55. The summed E-state index contributed by atoms with van der Waals surface area (Å²) < 4.78 is 65.3. The molecule has 1 unspecified atom stereocenters. The summed E-state index contributed by atoms with van der Waals surface area (Å²) in [5.41, 5.74) is -0.611. The number of benzene rings is 1. The summed E-state index contributed by atoms with van der Waals surface area (Å²) in [5.74, 6) is -4.34. The number of hydrogen-bond acceptors (Lipinski definition) is 5. The molecule has 2 aromatic rings. The Kier molecular flexibility index (Phi) is 5.42. The first-order valence-corrected chi connectivity index (χ1v) is 11.4. The van der Waals surface area contributed by atoms with Gasteiger partial charge in [0.2, 0.25) is 0 Å². The lowest BCUT2D eigenvalue weighted by Crippen LogP contribution is -2.44. The lowest BCUT2D eigenvalue weighted by molar-refractivity contribution is -0.124. The standard InChI is InChI=1S/C25H26F4N4O/c1-14-20(26)22-17(13-33(14)24(3)9-10-24)23(32-15(2)31-22)30-12-16-6-4-7-18(21(16)27)25(28,29)19-8-5-11-34-19/h4,6-7,13,19H,1,5,8-12H2,2-3H3,(H,30,31,32). The van der Waals surface area contributed by atoms with E-state index in [-0.39, 0.29) is 41.7 Å². The van der Waals surface area contributed by atoms with Gasteiger partial charge in [0.15, 0.2) is 5.83 Å². The van der Waals surface area contributed by atoms with Gasteiger partial charge < -0.3 is 15.0 Å². The molecule has 1 aliphatic carbocycles. The number of fused-ring (bicyclic) bond motifs is 1. The third-order valence-corrected chi connectivity index (χ3v) is 6.84. The van der Waals surface area contributed by atoms with Crippen LogP contribution in [0, 0.1) is 12.7 Å². The van der Waals surface area contributed by atoms with E-state index in [1.165, 1.54) is 12.1 Å². The minimum atomic E-state index is -3.44. The number of rotatable bonds is 6. The number of hydrogen-bond donors (Lipinski definition) is 1. The molecule has 0 spiro atoms. The van der Waals surface area contributed by atoms with E-state index < -0.39 is 29.2 Å². The molecule has 5 nitrogen and oxygen atoms in total. The number of anilines is 1. The maximum Gasteiger partial charge on any atom is 0.301 e. The van der Waals surface area contributed by atoms with E-state index >= 15 is 8.78 Å². The van der Waals surface area contributed by atoms with Crippen molar-refractivity contribution in [3.8, 4) is 0 Å². The number of halogens is 4. The van der Waals surface area contributed by atoms with Crippen LogP contribution in [0.3, 0.4) is 0 Å². The Hall–Kier alpha value is -2.94. The first kappa shape index (κ1) is 22.8. The van der Waals surface area contributed by atoms with Crippen LogP contribution in [-0.4, -0.2) is 33.1 Å². The van der Waals surface area contributed by atoms with Gasteiger partial charge in [0.25, 0.3) is 0 Å². The summed E-state index contributed by atoms with van der Waals surface area (Å²) >= 11 is 0. The summed E-state index contributed by atoms with van der Waals surface area (Å²) in [7, 11) is 0. The highest BCUT2D eigenvalue weighted by Gasteiger charge is 2.46. The Labute approximate surface area is 194 Å². The molecule has 3 heterocycles. The highest BCUT2D eigenvalue weighted by Crippen LogP contribution is 2.45. The van der Waals surface area contributed by atoms with Crippen LogP contribution in [0.4, 0.5) is 23.4 Å². The molecule has 180 valence electrons. The lowest BCUT2D eigenvalue weighted by Gasteiger charge is -2.31. The second kappa shape index (κ2) is 8.08. The number of ether oxygens (including phenoxy) is 1. The van der Waals surface area contributed by atoms with E-state index in [1.807, 2.05) is 6.92 Å². The zero-order valence-electron chi connectivity index (χ0n) is 19.1. The first-order chi connectivity index (χ1) is 16.1. The number of allylic oxidation sites excluding steroid dienone is 1. The molecule has 9 heteroatoms.